The summed E-state index contributed by atoms with van der Waals surface area (Å²) in [6.07, 6.45) is 0. The summed E-state index contributed by atoms with van der Waals surface area (Å²) in [6, 6.07) is 1.95. The second-order valence-electron chi connectivity index (χ2n) is 3.78. The summed E-state index contributed by atoms with van der Waals surface area (Å²) in [4.78, 5) is 11.5. The minimum atomic E-state index is -1.20. The molecule has 1 N–H and O–H groups in total. The van der Waals surface area contributed by atoms with Gasteiger partial charge in [0.1, 0.15) is 0 Å². The molecule has 0 bridgehead atoms. The molecular formula is C12H18N2O2. The lowest BCUT2D eigenvalue weighted by molar-refractivity contribution is -0.150. The van der Waals surface area contributed by atoms with E-state index in [0.29, 0.717) is 5.70 Å². The SMILES string of the molecule is C=C(C)C(=C)NCC(C)(C#N)C(=O)OCC. The van der Waals surface area contributed by atoms with Crippen molar-refractivity contribution in [3.8, 4) is 6.07 Å². The number of ether oxygens (including phenoxy) is 1. The topological polar surface area (TPSA) is 62.1 Å². The van der Waals surface area contributed by atoms with Crippen molar-refractivity contribution in [2.24, 2.45) is 5.41 Å². The van der Waals surface area contributed by atoms with Gasteiger partial charge < -0.3 is 10.1 Å². The van der Waals surface area contributed by atoms with E-state index in [9.17, 15) is 4.79 Å². The van der Waals surface area contributed by atoms with E-state index < -0.39 is 11.4 Å². The Kier molecular flexibility index (Phi) is 5.31. The molecule has 0 aliphatic carbocycles. The van der Waals surface area contributed by atoms with Gasteiger partial charge in [-0.05, 0) is 26.3 Å². The highest BCUT2D eigenvalue weighted by atomic mass is 16.5. The number of esters is 1. The molecule has 0 aliphatic heterocycles. The van der Waals surface area contributed by atoms with E-state index in [1.807, 2.05) is 6.07 Å². The lowest BCUT2D eigenvalue weighted by Crippen LogP contribution is -2.38. The molecule has 88 valence electrons. The Morgan fingerprint density at radius 1 is 1.56 bits per heavy atom. The maximum absolute atomic E-state index is 11.5. The Balaban J connectivity index is 4.51. The Morgan fingerprint density at radius 2 is 2.12 bits per heavy atom. The van der Waals surface area contributed by atoms with Crippen molar-refractivity contribution in [2.75, 3.05) is 13.2 Å². The zero-order chi connectivity index (χ0) is 12.8. The van der Waals surface area contributed by atoms with E-state index in [-0.39, 0.29) is 13.2 Å². The lowest BCUT2D eigenvalue weighted by Gasteiger charge is -2.21. The summed E-state index contributed by atoms with van der Waals surface area (Å²) in [5, 5.41) is 11.9. The van der Waals surface area contributed by atoms with Gasteiger partial charge in [0.05, 0.1) is 12.7 Å². The van der Waals surface area contributed by atoms with Crippen LogP contribution in [0.25, 0.3) is 0 Å². The van der Waals surface area contributed by atoms with Crippen LogP contribution < -0.4 is 5.32 Å². The predicted octanol–water partition coefficient (Wildman–Crippen LogP) is 1.76. The molecule has 0 saturated heterocycles. The molecule has 0 aromatic heterocycles. The molecule has 0 aliphatic rings. The van der Waals surface area contributed by atoms with Crippen molar-refractivity contribution in [2.45, 2.75) is 20.8 Å². The van der Waals surface area contributed by atoms with Gasteiger partial charge in [-0.15, -0.1) is 0 Å². The molecule has 1 unspecified atom stereocenters. The minimum absolute atomic E-state index is 0.161. The molecule has 4 nitrogen and oxygen atoms in total. The highest BCUT2D eigenvalue weighted by Crippen LogP contribution is 2.17. The molecular weight excluding hydrogens is 204 g/mol. The minimum Gasteiger partial charge on any atom is -0.465 e. The average Bonchev–Trinajstić information content (AvgIpc) is 2.25. The van der Waals surface area contributed by atoms with Crippen molar-refractivity contribution in [1.29, 1.82) is 5.26 Å². The number of carbonyl (C=O) groups excluding carboxylic acids is 1. The number of allylic oxidation sites excluding steroid dienone is 1. The van der Waals surface area contributed by atoms with Gasteiger partial charge in [-0.3, -0.25) is 4.79 Å². The maximum atomic E-state index is 11.5. The third kappa shape index (κ3) is 3.77. The molecule has 0 aromatic carbocycles. The first-order chi connectivity index (χ1) is 7.37. The van der Waals surface area contributed by atoms with Gasteiger partial charge in [0.2, 0.25) is 0 Å². The van der Waals surface area contributed by atoms with Crippen LogP contribution in [0.1, 0.15) is 20.8 Å². The molecule has 4 heteroatoms. The maximum Gasteiger partial charge on any atom is 0.328 e. The molecule has 0 aromatic rings. The van der Waals surface area contributed by atoms with E-state index >= 15 is 0 Å². The molecule has 0 radical (unpaired) electrons. The first-order valence-electron chi connectivity index (χ1n) is 5.04. The highest BCUT2D eigenvalue weighted by Gasteiger charge is 2.34. The zero-order valence-electron chi connectivity index (χ0n) is 10.1. The van der Waals surface area contributed by atoms with Crippen LogP contribution in [-0.2, 0) is 9.53 Å². The average molecular weight is 222 g/mol. The van der Waals surface area contributed by atoms with Crippen molar-refractivity contribution in [1.82, 2.24) is 5.32 Å². The van der Waals surface area contributed by atoms with Gasteiger partial charge in [0.25, 0.3) is 0 Å². The van der Waals surface area contributed by atoms with E-state index in [4.69, 9.17) is 10.00 Å². The van der Waals surface area contributed by atoms with Crippen LogP contribution in [0.2, 0.25) is 0 Å². The van der Waals surface area contributed by atoms with Crippen molar-refractivity contribution in [3.05, 3.63) is 24.4 Å². The van der Waals surface area contributed by atoms with Gasteiger partial charge in [-0.1, -0.05) is 13.2 Å². The number of nitriles is 1. The molecule has 16 heavy (non-hydrogen) atoms. The smallest absolute Gasteiger partial charge is 0.328 e. The van der Waals surface area contributed by atoms with Crippen LogP contribution in [0, 0.1) is 16.7 Å². The van der Waals surface area contributed by atoms with Crippen LogP contribution in [0.3, 0.4) is 0 Å². The quantitative estimate of drug-likeness (QED) is 0.549. The number of rotatable bonds is 6. The van der Waals surface area contributed by atoms with Gasteiger partial charge >= 0.3 is 5.97 Å². The number of carbonyl (C=O) groups is 1. The van der Waals surface area contributed by atoms with Crippen molar-refractivity contribution in [3.63, 3.8) is 0 Å². The summed E-state index contributed by atoms with van der Waals surface area (Å²) in [5.74, 6) is -0.528. The number of nitrogens with zero attached hydrogens (tertiary/aromatic N) is 1. The van der Waals surface area contributed by atoms with Gasteiger partial charge in [0, 0.05) is 12.2 Å². The van der Waals surface area contributed by atoms with Crippen LogP contribution in [-0.4, -0.2) is 19.1 Å². The first kappa shape index (κ1) is 14.2. The van der Waals surface area contributed by atoms with Crippen LogP contribution >= 0.6 is 0 Å². The third-order valence-corrected chi connectivity index (χ3v) is 2.14. The summed E-state index contributed by atoms with van der Waals surface area (Å²) >= 11 is 0. The molecule has 0 saturated carbocycles. The van der Waals surface area contributed by atoms with Crippen LogP contribution in [0.4, 0.5) is 0 Å². The summed E-state index contributed by atoms with van der Waals surface area (Å²) in [7, 11) is 0. The van der Waals surface area contributed by atoms with E-state index in [1.54, 1.807) is 13.8 Å². The Labute approximate surface area is 96.6 Å². The third-order valence-electron chi connectivity index (χ3n) is 2.14. The predicted molar refractivity (Wildman–Crippen MR) is 62.3 cm³/mol. The summed E-state index contributed by atoms with van der Waals surface area (Å²) < 4.78 is 4.84. The lowest BCUT2D eigenvalue weighted by atomic mass is 9.92. The molecule has 0 spiro atoms. The summed E-state index contributed by atoms with van der Waals surface area (Å²) in [6.45, 7) is 12.9. The monoisotopic (exact) mass is 222 g/mol. The van der Waals surface area contributed by atoms with Gasteiger partial charge in [-0.2, -0.15) is 5.26 Å². The number of nitrogens with one attached hydrogen (secondary N) is 1. The van der Waals surface area contributed by atoms with Crippen LogP contribution in [0.15, 0.2) is 24.4 Å². The standard InChI is InChI=1S/C12H18N2O2/c1-6-16-11(15)12(5,7-13)8-14-10(4)9(2)3/h14H,2,4,6,8H2,1,3,5H3. The fourth-order valence-corrected chi connectivity index (χ4v) is 0.882. The van der Waals surface area contributed by atoms with Crippen molar-refractivity contribution >= 4 is 5.97 Å². The molecule has 0 amide bonds. The van der Waals surface area contributed by atoms with Crippen LogP contribution in [0.5, 0.6) is 0 Å². The Morgan fingerprint density at radius 3 is 2.50 bits per heavy atom. The summed E-state index contributed by atoms with van der Waals surface area (Å²) in [5.41, 5.74) is 0.184. The van der Waals surface area contributed by atoms with E-state index in [0.717, 1.165) is 5.57 Å². The Bertz CT molecular complexity index is 341. The molecule has 0 rings (SSSR count). The molecule has 0 fully saturated rings. The van der Waals surface area contributed by atoms with Gasteiger partial charge in [-0.25, -0.2) is 0 Å². The highest BCUT2D eigenvalue weighted by molar-refractivity contribution is 5.79. The second-order valence-corrected chi connectivity index (χ2v) is 3.78. The normalized spacial score (nSPS) is 13.1. The van der Waals surface area contributed by atoms with Gasteiger partial charge in [0.15, 0.2) is 5.41 Å². The zero-order valence-corrected chi connectivity index (χ0v) is 10.1. The second kappa shape index (κ2) is 5.96. The first-order valence-corrected chi connectivity index (χ1v) is 5.04. The van der Waals surface area contributed by atoms with Crippen molar-refractivity contribution < 1.29 is 9.53 Å². The number of hydrogen-bond acceptors (Lipinski definition) is 4. The fourth-order valence-electron chi connectivity index (χ4n) is 0.882. The van der Waals surface area contributed by atoms with E-state index in [1.165, 1.54) is 6.92 Å². The Hall–Kier alpha value is -1.76. The molecule has 0 heterocycles. The number of hydrogen-bond donors (Lipinski definition) is 1. The molecule has 1 atom stereocenters. The van der Waals surface area contributed by atoms with E-state index in [2.05, 4.69) is 18.5 Å². The largest absolute Gasteiger partial charge is 0.465 e. The fraction of sp³-hybridized carbons (Fsp3) is 0.500.